The van der Waals surface area contributed by atoms with E-state index in [-0.39, 0.29) is 18.4 Å². The van der Waals surface area contributed by atoms with Crippen LogP contribution in [-0.4, -0.2) is 71.1 Å². The maximum absolute atomic E-state index is 11.8. The number of amides is 3. The Labute approximate surface area is 141 Å². The van der Waals surface area contributed by atoms with Gasteiger partial charge in [0.2, 0.25) is 11.8 Å². The third-order valence-corrected chi connectivity index (χ3v) is 3.78. The van der Waals surface area contributed by atoms with Gasteiger partial charge in [0.15, 0.2) is 5.82 Å². The Morgan fingerprint density at radius 1 is 1.21 bits per heavy atom. The van der Waals surface area contributed by atoms with Gasteiger partial charge in [-0.2, -0.15) is 4.98 Å². The van der Waals surface area contributed by atoms with E-state index in [1.807, 2.05) is 18.7 Å². The van der Waals surface area contributed by atoms with E-state index < -0.39 is 6.03 Å². The third kappa shape index (κ3) is 5.57. The predicted octanol–water partition coefficient (Wildman–Crippen LogP) is 0.156. The lowest BCUT2D eigenvalue weighted by Gasteiger charge is -2.33. The number of nitrogens with one attached hydrogen (secondary N) is 2. The molecule has 1 fully saturated rings. The Hall–Kier alpha value is -2.00. The van der Waals surface area contributed by atoms with E-state index in [9.17, 15) is 9.59 Å². The molecule has 1 aromatic heterocycles. The molecule has 24 heavy (non-hydrogen) atoms. The number of rotatable bonds is 6. The summed E-state index contributed by atoms with van der Waals surface area (Å²) in [5, 5.41) is 8.82. The van der Waals surface area contributed by atoms with Gasteiger partial charge >= 0.3 is 6.03 Å². The van der Waals surface area contributed by atoms with Crippen molar-refractivity contribution in [3.8, 4) is 0 Å². The van der Waals surface area contributed by atoms with Gasteiger partial charge in [0.25, 0.3) is 0 Å². The highest BCUT2D eigenvalue weighted by Crippen LogP contribution is 2.12. The number of piperazine rings is 1. The molecule has 0 aliphatic carbocycles. The highest BCUT2D eigenvalue weighted by Gasteiger charge is 2.21. The highest BCUT2D eigenvalue weighted by molar-refractivity contribution is 5.95. The average Bonchev–Trinajstić information content (AvgIpc) is 2.98. The number of urea groups is 1. The SMILES string of the molecule is CCNC(=O)NC(=O)CN1CCN(Cc2nc(C(C)C)no2)CC1. The molecule has 1 saturated heterocycles. The molecular weight excluding hydrogens is 312 g/mol. The minimum absolute atomic E-state index is 0.225. The van der Waals surface area contributed by atoms with Gasteiger partial charge < -0.3 is 9.84 Å². The largest absolute Gasteiger partial charge is 0.338 e. The number of carbonyl (C=O) groups excluding carboxylic acids is 2. The molecule has 2 heterocycles. The van der Waals surface area contributed by atoms with E-state index in [4.69, 9.17) is 4.52 Å². The number of hydrogen-bond acceptors (Lipinski definition) is 7. The molecule has 0 radical (unpaired) electrons. The van der Waals surface area contributed by atoms with Crippen LogP contribution < -0.4 is 10.6 Å². The molecule has 2 rings (SSSR count). The van der Waals surface area contributed by atoms with Crippen LogP contribution in [-0.2, 0) is 11.3 Å². The summed E-state index contributed by atoms with van der Waals surface area (Å²) in [6, 6.07) is -0.446. The minimum atomic E-state index is -0.446. The zero-order valence-corrected chi connectivity index (χ0v) is 14.5. The van der Waals surface area contributed by atoms with E-state index in [0.717, 1.165) is 32.0 Å². The summed E-state index contributed by atoms with van der Waals surface area (Å²) in [7, 11) is 0. The second kappa shape index (κ2) is 8.74. The molecule has 0 atom stereocenters. The number of aromatic nitrogens is 2. The molecule has 3 amide bonds. The van der Waals surface area contributed by atoms with Gasteiger partial charge in [0, 0.05) is 38.6 Å². The quantitative estimate of drug-likeness (QED) is 0.761. The van der Waals surface area contributed by atoms with Crippen molar-refractivity contribution in [1.29, 1.82) is 0 Å². The van der Waals surface area contributed by atoms with Crippen molar-refractivity contribution in [1.82, 2.24) is 30.6 Å². The van der Waals surface area contributed by atoms with Crippen molar-refractivity contribution >= 4 is 11.9 Å². The lowest BCUT2D eigenvalue weighted by atomic mass is 10.2. The molecule has 0 bridgehead atoms. The normalized spacial score (nSPS) is 16.3. The Balaban J connectivity index is 1.71. The molecule has 9 nitrogen and oxygen atoms in total. The summed E-state index contributed by atoms with van der Waals surface area (Å²) in [6.07, 6.45) is 0. The Morgan fingerprint density at radius 3 is 2.46 bits per heavy atom. The Bertz CT molecular complexity index is 551. The van der Waals surface area contributed by atoms with Crippen LogP contribution in [0.2, 0.25) is 0 Å². The molecule has 0 aromatic carbocycles. The van der Waals surface area contributed by atoms with Crippen LogP contribution in [0.15, 0.2) is 4.52 Å². The smallest absolute Gasteiger partial charge is 0.321 e. The van der Waals surface area contributed by atoms with Gasteiger partial charge in [-0.05, 0) is 6.92 Å². The van der Waals surface area contributed by atoms with E-state index in [0.29, 0.717) is 19.0 Å². The average molecular weight is 338 g/mol. The first kappa shape index (κ1) is 18.3. The molecule has 2 N–H and O–H groups in total. The molecule has 1 aromatic rings. The van der Waals surface area contributed by atoms with Gasteiger partial charge in [0.05, 0.1) is 13.1 Å². The van der Waals surface area contributed by atoms with Crippen molar-refractivity contribution in [2.24, 2.45) is 0 Å². The first-order valence-corrected chi connectivity index (χ1v) is 8.32. The van der Waals surface area contributed by atoms with E-state index in [2.05, 4.69) is 25.7 Å². The summed E-state index contributed by atoms with van der Waals surface area (Å²) in [4.78, 5) is 31.7. The molecular formula is C15H26N6O3. The maximum atomic E-state index is 11.8. The monoisotopic (exact) mass is 338 g/mol. The van der Waals surface area contributed by atoms with Crippen molar-refractivity contribution in [2.45, 2.75) is 33.2 Å². The number of nitrogens with zero attached hydrogens (tertiary/aromatic N) is 4. The minimum Gasteiger partial charge on any atom is -0.338 e. The van der Waals surface area contributed by atoms with Crippen molar-refractivity contribution in [3.63, 3.8) is 0 Å². The first-order chi connectivity index (χ1) is 11.5. The van der Waals surface area contributed by atoms with Crippen LogP contribution in [0.1, 0.15) is 38.4 Å². The van der Waals surface area contributed by atoms with Gasteiger partial charge in [-0.15, -0.1) is 0 Å². The summed E-state index contributed by atoms with van der Waals surface area (Å²) < 4.78 is 5.26. The molecule has 0 spiro atoms. The Morgan fingerprint density at radius 2 is 1.88 bits per heavy atom. The zero-order chi connectivity index (χ0) is 17.5. The number of hydrogen-bond donors (Lipinski definition) is 2. The van der Waals surface area contributed by atoms with Gasteiger partial charge in [0.1, 0.15) is 0 Å². The van der Waals surface area contributed by atoms with Crippen LogP contribution in [0.3, 0.4) is 0 Å². The fourth-order valence-electron chi connectivity index (χ4n) is 2.44. The predicted molar refractivity (Wildman–Crippen MR) is 87.3 cm³/mol. The highest BCUT2D eigenvalue weighted by atomic mass is 16.5. The number of carbonyl (C=O) groups is 2. The van der Waals surface area contributed by atoms with Crippen LogP contribution >= 0.6 is 0 Å². The van der Waals surface area contributed by atoms with Crippen LogP contribution in [0.5, 0.6) is 0 Å². The molecule has 134 valence electrons. The van der Waals surface area contributed by atoms with Gasteiger partial charge in [-0.1, -0.05) is 19.0 Å². The second-order valence-electron chi connectivity index (χ2n) is 6.16. The number of imide groups is 1. The summed E-state index contributed by atoms with van der Waals surface area (Å²) >= 11 is 0. The van der Waals surface area contributed by atoms with Crippen LogP contribution in [0.25, 0.3) is 0 Å². The first-order valence-electron chi connectivity index (χ1n) is 8.32. The molecule has 9 heteroatoms. The van der Waals surface area contributed by atoms with Crippen LogP contribution in [0, 0.1) is 0 Å². The van der Waals surface area contributed by atoms with E-state index in [1.54, 1.807) is 6.92 Å². The summed E-state index contributed by atoms with van der Waals surface area (Å²) in [5.74, 6) is 1.32. The lowest BCUT2D eigenvalue weighted by molar-refractivity contribution is -0.121. The summed E-state index contributed by atoms with van der Waals surface area (Å²) in [5.41, 5.74) is 0. The van der Waals surface area contributed by atoms with E-state index in [1.165, 1.54) is 0 Å². The summed E-state index contributed by atoms with van der Waals surface area (Å²) in [6.45, 7) is 10.3. The van der Waals surface area contributed by atoms with Crippen molar-refractivity contribution in [3.05, 3.63) is 11.7 Å². The topological polar surface area (TPSA) is 104 Å². The molecule has 0 unspecified atom stereocenters. The Kier molecular flexibility index (Phi) is 6.68. The second-order valence-corrected chi connectivity index (χ2v) is 6.16. The zero-order valence-electron chi connectivity index (χ0n) is 14.5. The maximum Gasteiger partial charge on any atom is 0.321 e. The lowest BCUT2D eigenvalue weighted by Crippen LogP contribution is -2.50. The third-order valence-electron chi connectivity index (χ3n) is 3.78. The van der Waals surface area contributed by atoms with Gasteiger partial charge in [-0.25, -0.2) is 4.79 Å². The van der Waals surface area contributed by atoms with Crippen molar-refractivity contribution in [2.75, 3.05) is 39.3 Å². The van der Waals surface area contributed by atoms with Crippen LogP contribution in [0.4, 0.5) is 4.79 Å². The fraction of sp³-hybridized carbons (Fsp3) is 0.733. The fourth-order valence-corrected chi connectivity index (χ4v) is 2.44. The molecule has 0 saturated carbocycles. The molecule has 1 aliphatic heterocycles. The molecule has 1 aliphatic rings. The van der Waals surface area contributed by atoms with Crippen molar-refractivity contribution < 1.29 is 14.1 Å². The standard InChI is InChI=1S/C15H26N6O3/c1-4-16-15(23)17-12(22)9-20-5-7-21(8-6-20)10-13-18-14(11(2)3)19-24-13/h11H,4-10H2,1-3H3,(H2,16,17,22,23). The van der Waals surface area contributed by atoms with E-state index >= 15 is 0 Å². The van der Waals surface area contributed by atoms with Gasteiger partial charge in [-0.3, -0.25) is 19.9 Å².